The fourth-order valence-corrected chi connectivity index (χ4v) is 5.63. The van der Waals surface area contributed by atoms with Crippen LogP contribution >= 0.6 is 11.8 Å². The van der Waals surface area contributed by atoms with Crippen LogP contribution in [-0.2, 0) is 20.9 Å². The number of non-ortho nitro benzene ring substituents is 1. The zero-order valence-corrected chi connectivity index (χ0v) is 16.5. The number of morpholine rings is 1. The van der Waals surface area contributed by atoms with E-state index in [2.05, 4.69) is 5.32 Å². The first-order valence-electron chi connectivity index (χ1n) is 9.37. The van der Waals surface area contributed by atoms with E-state index >= 15 is 0 Å². The largest absolute Gasteiger partial charge is 0.480 e. The summed E-state index contributed by atoms with van der Waals surface area (Å²) in [7, 11) is 0. The smallest absolute Gasteiger partial charge is 0.326 e. The SMILES string of the molecule is O=C1C(NCc2ccc([N+](=O)[O-])cc2)[C@H]2SCC(C(=O)O)(N3CCOCC3)CN12. The molecule has 3 aliphatic rings. The van der Waals surface area contributed by atoms with E-state index in [-0.39, 0.29) is 29.6 Å². The average molecular weight is 422 g/mol. The molecule has 3 fully saturated rings. The van der Waals surface area contributed by atoms with Gasteiger partial charge in [-0.2, -0.15) is 0 Å². The third-order valence-corrected chi connectivity index (χ3v) is 7.27. The van der Waals surface area contributed by atoms with Crippen molar-refractivity contribution in [1.82, 2.24) is 15.1 Å². The Morgan fingerprint density at radius 2 is 2.03 bits per heavy atom. The normalized spacial score (nSPS) is 29.8. The minimum Gasteiger partial charge on any atom is -0.480 e. The Balaban J connectivity index is 1.38. The minimum atomic E-state index is -1.08. The van der Waals surface area contributed by atoms with Crippen molar-refractivity contribution in [2.24, 2.45) is 0 Å². The second-order valence-electron chi connectivity index (χ2n) is 7.39. The van der Waals surface area contributed by atoms with E-state index in [1.807, 2.05) is 4.90 Å². The lowest BCUT2D eigenvalue weighted by Crippen LogP contribution is -2.77. The van der Waals surface area contributed by atoms with E-state index in [9.17, 15) is 24.8 Å². The second kappa shape index (κ2) is 7.90. The van der Waals surface area contributed by atoms with Crippen LogP contribution < -0.4 is 5.32 Å². The van der Waals surface area contributed by atoms with Crippen molar-refractivity contribution in [3.8, 4) is 0 Å². The zero-order valence-electron chi connectivity index (χ0n) is 15.7. The van der Waals surface area contributed by atoms with Crippen molar-refractivity contribution < 1.29 is 24.4 Å². The number of carbonyl (C=O) groups is 2. The molecular formula is C18H22N4O6S. The van der Waals surface area contributed by atoms with Crippen LogP contribution in [0.3, 0.4) is 0 Å². The summed E-state index contributed by atoms with van der Waals surface area (Å²) in [4.78, 5) is 38.7. The number of ether oxygens (including phenoxy) is 1. The molecule has 29 heavy (non-hydrogen) atoms. The van der Waals surface area contributed by atoms with E-state index in [4.69, 9.17) is 4.74 Å². The summed E-state index contributed by atoms with van der Waals surface area (Å²) in [6.07, 6.45) is 0. The highest BCUT2D eigenvalue weighted by atomic mass is 32.2. The van der Waals surface area contributed by atoms with E-state index in [0.717, 1.165) is 5.56 Å². The Morgan fingerprint density at radius 3 is 2.66 bits per heavy atom. The highest BCUT2D eigenvalue weighted by Gasteiger charge is 2.58. The van der Waals surface area contributed by atoms with Crippen molar-refractivity contribution in [3.05, 3.63) is 39.9 Å². The van der Waals surface area contributed by atoms with Crippen LogP contribution in [0.1, 0.15) is 5.56 Å². The van der Waals surface area contributed by atoms with Crippen LogP contribution in [0.25, 0.3) is 0 Å². The van der Waals surface area contributed by atoms with Crippen LogP contribution in [0.2, 0.25) is 0 Å². The molecule has 0 bridgehead atoms. The molecule has 3 aliphatic heterocycles. The van der Waals surface area contributed by atoms with Gasteiger partial charge in [0.1, 0.15) is 17.0 Å². The number of carboxylic acid groups (broad SMARTS) is 1. The van der Waals surface area contributed by atoms with E-state index in [1.54, 1.807) is 17.0 Å². The molecule has 0 aliphatic carbocycles. The molecule has 2 N–H and O–H groups in total. The number of nitro benzene ring substituents is 1. The lowest BCUT2D eigenvalue weighted by Gasteiger charge is -2.56. The summed E-state index contributed by atoms with van der Waals surface area (Å²) < 4.78 is 5.34. The van der Waals surface area contributed by atoms with E-state index in [0.29, 0.717) is 38.6 Å². The van der Waals surface area contributed by atoms with Gasteiger partial charge >= 0.3 is 5.97 Å². The van der Waals surface area contributed by atoms with Gasteiger partial charge in [-0.25, -0.2) is 0 Å². The molecule has 0 saturated carbocycles. The maximum absolute atomic E-state index is 12.7. The number of fused-ring (bicyclic) bond motifs is 1. The summed E-state index contributed by atoms with van der Waals surface area (Å²) in [6, 6.07) is 5.81. The van der Waals surface area contributed by atoms with Crippen LogP contribution in [0, 0.1) is 10.1 Å². The second-order valence-corrected chi connectivity index (χ2v) is 8.49. The van der Waals surface area contributed by atoms with Crippen molar-refractivity contribution in [2.45, 2.75) is 23.5 Å². The number of rotatable bonds is 6. The number of aliphatic carboxylic acids is 1. The monoisotopic (exact) mass is 422 g/mol. The van der Waals surface area contributed by atoms with Gasteiger partial charge in [0.25, 0.3) is 5.69 Å². The fraction of sp³-hybridized carbons (Fsp3) is 0.556. The van der Waals surface area contributed by atoms with Crippen LogP contribution in [0.15, 0.2) is 24.3 Å². The van der Waals surface area contributed by atoms with Crippen molar-refractivity contribution in [2.75, 3.05) is 38.6 Å². The number of hydrogen-bond donors (Lipinski definition) is 2. The summed E-state index contributed by atoms with van der Waals surface area (Å²) >= 11 is 1.49. The Kier molecular flexibility index (Phi) is 5.47. The average Bonchev–Trinajstić information content (AvgIpc) is 2.74. The Bertz CT molecular complexity index is 815. The number of nitrogens with one attached hydrogen (secondary N) is 1. The first kappa shape index (κ1) is 20.1. The summed E-state index contributed by atoms with van der Waals surface area (Å²) in [5.41, 5.74) is -0.212. The number of amides is 1. The highest BCUT2D eigenvalue weighted by Crippen LogP contribution is 2.41. The van der Waals surface area contributed by atoms with Gasteiger partial charge in [0.05, 0.1) is 24.7 Å². The lowest BCUT2D eigenvalue weighted by atomic mass is 9.94. The number of nitrogens with zero attached hydrogens (tertiary/aromatic N) is 3. The van der Waals surface area contributed by atoms with Crippen molar-refractivity contribution in [1.29, 1.82) is 0 Å². The Labute approximate surface area is 171 Å². The molecule has 0 aromatic heterocycles. The maximum Gasteiger partial charge on any atom is 0.326 e. The molecule has 10 nitrogen and oxygen atoms in total. The van der Waals surface area contributed by atoms with Gasteiger partial charge in [0.2, 0.25) is 5.91 Å². The van der Waals surface area contributed by atoms with Crippen LogP contribution in [0.5, 0.6) is 0 Å². The molecule has 3 atom stereocenters. The highest BCUT2D eigenvalue weighted by molar-refractivity contribution is 8.00. The molecule has 2 unspecified atom stereocenters. The third-order valence-electron chi connectivity index (χ3n) is 5.75. The molecule has 1 amide bonds. The number of nitro groups is 1. The first-order chi connectivity index (χ1) is 13.9. The number of hydrogen-bond acceptors (Lipinski definition) is 8. The van der Waals surface area contributed by atoms with Crippen molar-refractivity contribution >= 4 is 29.3 Å². The standard InChI is InChI=1S/C18H22N4O6S/c23-15-14(19-9-12-1-3-13(4-2-12)22(26)27)16-21(15)10-18(11-29-16,17(24)25)20-5-7-28-8-6-20/h1-4,14,16,19H,5-11H2,(H,24,25)/t14?,16-,18?/m1/s1. The molecule has 0 spiro atoms. The summed E-state index contributed by atoms with van der Waals surface area (Å²) in [5, 5.41) is 23.8. The molecule has 4 rings (SSSR count). The Morgan fingerprint density at radius 1 is 1.34 bits per heavy atom. The quantitative estimate of drug-likeness (QED) is 0.374. The topological polar surface area (TPSA) is 125 Å². The summed E-state index contributed by atoms with van der Waals surface area (Å²) in [6.45, 7) is 2.66. The predicted molar refractivity (Wildman–Crippen MR) is 104 cm³/mol. The maximum atomic E-state index is 12.7. The number of benzene rings is 1. The molecule has 11 heteroatoms. The predicted octanol–water partition coefficient (Wildman–Crippen LogP) is 0.124. The van der Waals surface area contributed by atoms with Gasteiger partial charge < -0.3 is 14.7 Å². The fourth-order valence-electron chi connectivity index (χ4n) is 4.03. The molecule has 1 aromatic rings. The molecule has 3 saturated heterocycles. The lowest BCUT2D eigenvalue weighted by molar-refractivity contribution is -0.384. The molecular weight excluding hydrogens is 400 g/mol. The third kappa shape index (κ3) is 3.59. The minimum absolute atomic E-state index is 0.0237. The van der Waals surface area contributed by atoms with Crippen molar-refractivity contribution in [3.63, 3.8) is 0 Å². The van der Waals surface area contributed by atoms with Crippen LogP contribution in [-0.4, -0.2) is 87.3 Å². The van der Waals surface area contributed by atoms with E-state index < -0.39 is 16.4 Å². The first-order valence-corrected chi connectivity index (χ1v) is 10.4. The Hall–Kier alpha value is -2.21. The number of thioether (sulfide) groups is 1. The van der Waals surface area contributed by atoms with Gasteiger partial charge in [-0.1, -0.05) is 12.1 Å². The van der Waals surface area contributed by atoms with Crippen LogP contribution in [0.4, 0.5) is 5.69 Å². The molecule has 3 heterocycles. The number of carboxylic acids is 1. The van der Waals surface area contributed by atoms with E-state index in [1.165, 1.54) is 23.9 Å². The van der Waals surface area contributed by atoms with Gasteiger partial charge in [-0.05, 0) is 5.56 Å². The number of β-lactam (4-membered cyclic amide) rings is 1. The zero-order chi connectivity index (χ0) is 20.6. The van der Waals surface area contributed by atoms with Gasteiger partial charge in [-0.15, -0.1) is 11.8 Å². The van der Waals surface area contributed by atoms with Gasteiger partial charge in [-0.3, -0.25) is 29.9 Å². The molecule has 156 valence electrons. The van der Waals surface area contributed by atoms with Gasteiger partial charge in [0, 0.05) is 37.5 Å². The molecule has 0 radical (unpaired) electrons. The number of carbonyl (C=O) groups excluding carboxylic acids is 1. The van der Waals surface area contributed by atoms with Gasteiger partial charge in [0.15, 0.2) is 0 Å². The molecule has 1 aromatic carbocycles. The summed E-state index contributed by atoms with van der Waals surface area (Å²) in [5.74, 6) is -0.601.